The number of amides is 1. The first-order valence-corrected chi connectivity index (χ1v) is 5.79. The van der Waals surface area contributed by atoms with Gasteiger partial charge < -0.3 is 15.4 Å². The van der Waals surface area contributed by atoms with Crippen molar-refractivity contribution in [1.82, 2.24) is 4.98 Å². The van der Waals surface area contributed by atoms with E-state index in [1.165, 1.54) is 0 Å². The Labute approximate surface area is 101 Å². The van der Waals surface area contributed by atoms with Crippen molar-refractivity contribution in [3.63, 3.8) is 0 Å². The number of carbonyl (C=O) groups is 1. The number of nitrogens with zero attached hydrogens (tertiary/aromatic N) is 2. The third-order valence-electron chi connectivity index (χ3n) is 2.97. The summed E-state index contributed by atoms with van der Waals surface area (Å²) in [4.78, 5) is 17.6. The second-order valence-electron chi connectivity index (χ2n) is 4.19. The van der Waals surface area contributed by atoms with Crippen LogP contribution in [0.2, 0.25) is 0 Å². The molecule has 5 heteroatoms. The van der Waals surface area contributed by atoms with Gasteiger partial charge in [0.05, 0.1) is 17.6 Å². The van der Waals surface area contributed by atoms with Gasteiger partial charge in [-0.1, -0.05) is 0 Å². The summed E-state index contributed by atoms with van der Waals surface area (Å²) in [5, 5.41) is 0. The maximum absolute atomic E-state index is 12.2. The van der Waals surface area contributed by atoms with Crippen molar-refractivity contribution < 1.29 is 9.53 Å². The number of hydrogen-bond acceptors (Lipinski definition) is 4. The molecule has 1 aliphatic heterocycles. The van der Waals surface area contributed by atoms with Gasteiger partial charge in [0.15, 0.2) is 0 Å². The molecule has 1 aromatic rings. The first kappa shape index (κ1) is 11.9. The topological polar surface area (TPSA) is 68.5 Å². The van der Waals surface area contributed by atoms with Crippen LogP contribution in [0.15, 0.2) is 18.5 Å². The maximum Gasteiger partial charge on any atom is 0.255 e. The Hall–Kier alpha value is -1.62. The van der Waals surface area contributed by atoms with Gasteiger partial charge in [-0.15, -0.1) is 0 Å². The van der Waals surface area contributed by atoms with Crippen LogP contribution in [0.4, 0.5) is 11.4 Å². The second-order valence-corrected chi connectivity index (χ2v) is 4.19. The Morgan fingerprint density at radius 3 is 3.06 bits per heavy atom. The summed E-state index contributed by atoms with van der Waals surface area (Å²) in [7, 11) is 1.71. The lowest BCUT2D eigenvalue weighted by atomic mass is 10.1. The van der Waals surface area contributed by atoms with Gasteiger partial charge in [-0.25, -0.2) is 0 Å². The van der Waals surface area contributed by atoms with Crippen molar-refractivity contribution in [2.45, 2.75) is 25.4 Å². The minimum Gasteiger partial charge on any atom is -0.396 e. The number of hydrogen-bond donors (Lipinski definition) is 1. The van der Waals surface area contributed by atoms with E-state index in [-0.39, 0.29) is 12.0 Å². The average molecular weight is 235 g/mol. The molecule has 1 fully saturated rings. The van der Waals surface area contributed by atoms with E-state index in [1.54, 1.807) is 30.4 Å². The van der Waals surface area contributed by atoms with Gasteiger partial charge in [-0.2, -0.15) is 0 Å². The summed E-state index contributed by atoms with van der Waals surface area (Å²) < 4.78 is 5.47. The highest BCUT2D eigenvalue weighted by Gasteiger charge is 2.26. The number of nitrogen functional groups attached to an aromatic ring is 1. The first-order chi connectivity index (χ1) is 8.20. The van der Waals surface area contributed by atoms with Gasteiger partial charge in [0, 0.05) is 19.9 Å². The molecule has 0 aliphatic carbocycles. The van der Waals surface area contributed by atoms with Gasteiger partial charge >= 0.3 is 0 Å². The number of anilines is 2. The largest absolute Gasteiger partial charge is 0.396 e. The van der Waals surface area contributed by atoms with Gasteiger partial charge in [-0.05, 0) is 25.3 Å². The zero-order chi connectivity index (χ0) is 12.3. The number of likely N-dealkylation sites (N-methyl/N-ethyl adjacent to an activating group) is 1. The first-order valence-electron chi connectivity index (χ1n) is 5.79. The van der Waals surface area contributed by atoms with Gasteiger partial charge in [0.25, 0.3) is 5.91 Å². The minimum absolute atomic E-state index is 0.0393. The molecule has 2 N–H and O–H groups in total. The molecule has 0 bridgehead atoms. The molecule has 1 atom stereocenters. The summed E-state index contributed by atoms with van der Waals surface area (Å²) >= 11 is 0. The Bertz CT molecular complexity index is 402. The van der Waals surface area contributed by atoms with E-state index < -0.39 is 0 Å². The van der Waals surface area contributed by atoms with Crippen LogP contribution in [0.5, 0.6) is 0 Å². The van der Waals surface area contributed by atoms with Crippen LogP contribution in [0.25, 0.3) is 0 Å². The van der Waals surface area contributed by atoms with Crippen LogP contribution in [-0.2, 0) is 9.53 Å². The zero-order valence-electron chi connectivity index (χ0n) is 9.93. The standard InChI is InChI=1S/C12H17N3O2/c1-15(10-5-6-14-8-9(10)13)12(16)11-4-2-3-7-17-11/h5-6,8,11H,2-4,7,13H2,1H3. The van der Waals surface area contributed by atoms with Gasteiger partial charge in [-0.3, -0.25) is 9.78 Å². The molecule has 0 spiro atoms. The molecule has 17 heavy (non-hydrogen) atoms. The summed E-state index contributed by atoms with van der Waals surface area (Å²) in [5.41, 5.74) is 6.97. The normalized spacial score (nSPS) is 19.9. The Kier molecular flexibility index (Phi) is 3.58. The predicted molar refractivity (Wildman–Crippen MR) is 65.7 cm³/mol. The highest BCUT2D eigenvalue weighted by molar-refractivity contribution is 5.98. The smallest absolute Gasteiger partial charge is 0.255 e. The molecular weight excluding hydrogens is 218 g/mol. The van der Waals surface area contributed by atoms with Crippen molar-refractivity contribution in [3.8, 4) is 0 Å². The predicted octanol–water partition coefficient (Wildman–Crippen LogP) is 1.20. The van der Waals surface area contributed by atoms with Crippen LogP contribution in [-0.4, -0.2) is 30.6 Å². The fourth-order valence-electron chi connectivity index (χ4n) is 1.97. The second kappa shape index (κ2) is 5.14. The van der Waals surface area contributed by atoms with Crippen molar-refractivity contribution in [2.75, 3.05) is 24.3 Å². The molecule has 5 nitrogen and oxygen atoms in total. The number of nitrogens with two attached hydrogens (primary N) is 1. The van der Waals surface area contributed by atoms with E-state index in [0.29, 0.717) is 18.0 Å². The van der Waals surface area contributed by atoms with E-state index in [1.807, 2.05) is 0 Å². The van der Waals surface area contributed by atoms with E-state index >= 15 is 0 Å². The van der Waals surface area contributed by atoms with Crippen LogP contribution in [0.3, 0.4) is 0 Å². The van der Waals surface area contributed by atoms with Crippen LogP contribution in [0.1, 0.15) is 19.3 Å². The molecular formula is C12H17N3O2. The lowest BCUT2D eigenvalue weighted by molar-refractivity contribution is -0.132. The lowest BCUT2D eigenvalue weighted by Crippen LogP contribution is -2.40. The number of carbonyl (C=O) groups excluding carboxylic acids is 1. The molecule has 1 unspecified atom stereocenters. The monoisotopic (exact) mass is 235 g/mol. The van der Waals surface area contributed by atoms with Crippen LogP contribution in [0, 0.1) is 0 Å². The summed E-state index contributed by atoms with van der Waals surface area (Å²) in [6.45, 7) is 0.663. The van der Waals surface area contributed by atoms with Gasteiger partial charge in [0.1, 0.15) is 6.10 Å². The van der Waals surface area contributed by atoms with E-state index in [2.05, 4.69) is 4.98 Å². The maximum atomic E-state index is 12.2. The number of rotatable bonds is 2. The molecule has 0 radical (unpaired) electrons. The summed E-state index contributed by atoms with van der Waals surface area (Å²) in [6, 6.07) is 1.73. The quantitative estimate of drug-likeness (QED) is 0.836. The molecule has 2 rings (SSSR count). The molecule has 1 aliphatic rings. The van der Waals surface area contributed by atoms with Crippen LogP contribution < -0.4 is 10.6 Å². The molecule has 2 heterocycles. The summed E-state index contributed by atoms with van der Waals surface area (Å²) in [6.07, 6.45) is 5.69. The SMILES string of the molecule is CN(C(=O)C1CCCCO1)c1ccncc1N. The molecule has 92 valence electrons. The lowest BCUT2D eigenvalue weighted by Gasteiger charge is -2.27. The van der Waals surface area contributed by atoms with Crippen molar-refractivity contribution in [2.24, 2.45) is 0 Å². The highest BCUT2D eigenvalue weighted by Crippen LogP contribution is 2.23. The van der Waals surface area contributed by atoms with Crippen molar-refractivity contribution >= 4 is 17.3 Å². The number of pyridine rings is 1. The Balaban J connectivity index is 2.11. The van der Waals surface area contributed by atoms with Crippen LogP contribution >= 0.6 is 0 Å². The average Bonchev–Trinajstić information content (AvgIpc) is 2.39. The fraction of sp³-hybridized carbons (Fsp3) is 0.500. The molecule has 1 saturated heterocycles. The van der Waals surface area contributed by atoms with Crippen molar-refractivity contribution in [1.29, 1.82) is 0 Å². The fourth-order valence-corrected chi connectivity index (χ4v) is 1.97. The molecule has 1 amide bonds. The van der Waals surface area contributed by atoms with Gasteiger partial charge in [0.2, 0.25) is 0 Å². The summed E-state index contributed by atoms with van der Waals surface area (Å²) in [5.74, 6) is -0.0393. The number of ether oxygens (including phenoxy) is 1. The molecule has 1 aromatic heterocycles. The van der Waals surface area contributed by atoms with E-state index in [0.717, 1.165) is 19.3 Å². The molecule has 0 saturated carbocycles. The van der Waals surface area contributed by atoms with E-state index in [9.17, 15) is 4.79 Å². The molecule has 0 aromatic carbocycles. The highest BCUT2D eigenvalue weighted by atomic mass is 16.5. The third kappa shape index (κ3) is 2.55. The third-order valence-corrected chi connectivity index (χ3v) is 2.97. The zero-order valence-corrected chi connectivity index (χ0v) is 9.93. The van der Waals surface area contributed by atoms with E-state index in [4.69, 9.17) is 10.5 Å². The Morgan fingerprint density at radius 2 is 2.41 bits per heavy atom. The minimum atomic E-state index is -0.332. The number of aromatic nitrogens is 1. The Morgan fingerprint density at radius 1 is 1.59 bits per heavy atom. The van der Waals surface area contributed by atoms with Crippen molar-refractivity contribution in [3.05, 3.63) is 18.5 Å².